The van der Waals surface area contributed by atoms with Gasteiger partial charge in [0.2, 0.25) is 0 Å². The molecule has 4 bridgehead atoms. The summed E-state index contributed by atoms with van der Waals surface area (Å²) in [5.74, 6) is 1.49. The van der Waals surface area contributed by atoms with Gasteiger partial charge in [-0.1, -0.05) is 27.7 Å². The average molecular weight is 284 g/mol. The van der Waals surface area contributed by atoms with Crippen molar-refractivity contribution in [2.75, 3.05) is 0 Å². The molecule has 0 aromatic carbocycles. The minimum Gasteiger partial charge on any atom is -0.347 e. The van der Waals surface area contributed by atoms with E-state index in [0.717, 1.165) is 0 Å². The molecule has 10 unspecified atom stereocenters. The fraction of sp³-hybridized carbons (Fsp3) is 1.00. The highest BCUT2D eigenvalue weighted by molar-refractivity contribution is 4.91. The molecule has 6 fully saturated rings. The summed E-state index contributed by atoms with van der Waals surface area (Å²) in [5, 5.41) is 0. The maximum atomic E-state index is 6.35. The van der Waals surface area contributed by atoms with Crippen LogP contribution in [0.1, 0.15) is 41.5 Å². The van der Waals surface area contributed by atoms with E-state index in [2.05, 4.69) is 41.5 Å². The van der Waals surface area contributed by atoms with Gasteiger partial charge < -0.3 is 18.9 Å². The number of ether oxygens (including phenoxy) is 4. The van der Waals surface area contributed by atoms with Gasteiger partial charge in [0.1, 0.15) is 0 Å². The van der Waals surface area contributed by atoms with Gasteiger partial charge in [0.15, 0.2) is 12.6 Å². The van der Waals surface area contributed by atoms with Crippen LogP contribution in [0.4, 0.5) is 0 Å². The Morgan fingerprint density at radius 3 is 1.15 bits per heavy atom. The van der Waals surface area contributed by atoms with Crippen molar-refractivity contribution in [3.05, 3.63) is 0 Å². The number of hydrogen-bond donors (Lipinski definition) is 0. The van der Waals surface area contributed by atoms with Crippen LogP contribution in [0.15, 0.2) is 0 Å². The van der Waals surface area contributed by atoms with Gasteiger partial charge in [-0.05, 0) is 25.7 Å². The largest absolute Gasteiger partial charge is 0.347 e. The van der Waals surface area contributed by atoms with Crippen molar-refractivity contribution < 1.29 is 18.9 Å². The Kier molecular flexibility index (Phi) is 3.87. The van der Waals surface area contributed by atoms with Crippen molar-refractivity contribution in [2.24, 2.45) is 23.7 Å². The maximum Gasteiger partial charge on any atom is 0.161 e. The first-order valence-electron chi connectivity index (χ1n) is 8.02. The summed E-state index contributed by atoms with van der Waals surface area (Å²) < 4.78 is 24.9. The molecule has 10 atom stereocenters. The van der Waals surface area contributed by atoms with E-state index in [1.165, 1.54) is 0 Å². The van der Waals surface area contributed by atoms with Crippen LogP contribution in [0.3, 0.4) is 0 Å². The summed E-state index contributed by atoms with van der Waals surface area (Å²) in [7, 11) is 0. The zero-order valence-electron chi connectivity index (χ0n) is 13.4. The topological polar surface area (TPSA) is 36.9 Å². The second-order valence-corrected chi connectivity index (χ2v) is 7.06. The zero-order chi connectivity index (χ0) is 14.6. The summed E-state index contributed by atoms with van der Waals surface area (Å²) in [4.78, 5) is 0. The van der Waals surface area contributed by atoms with E-state index >= 15 is 0 Å². The van der Waals surface area contributed by atoms with Crippen LogP contribution in [-0.2, 0) is 18.9 Å². The maximum absolute atomic E-state index is 6.35. The van der Waals surface area contributed by atoms with Crippen LogP contribution in [0.5, 0.6) is 0 Å². The van der Waals surface area contributed by atoms with Crippen LogP contribution < -0.4 is 0 Å². The van der Waals surface area contributed by atoms with Crippen LogP contribution in [0, 0.1) is 23.7 Å². The molecule has 116 valence electrons. The molecule has 0 aromatic rings. The summed E-state index contributed by atoms with van der Waals surface area (Å²) in [5.41, 5.74) is 0. The molecule has 6 aliphatic heterocycles. The standard InChI is InChI=1S/C16H28O4/c1-7-9(3)15-17-11(5)13(7)19-16-10(4)8(2)14(20-15)12(6)18-16/h7-16H,1-6H3. The Labute approximate surface area is 122 Å². The van der Waals surface area contributed by atoms with Crippen molar-refractivity contribution >= 4 is 0 Å². The fourth-order valence-corrected chi connectivity index (χ4v) is 3.87. The Balaban J connectivity index is 1.95. The highest BCUT2D eigenvalue weighted by Crippen LogP contribution is 2.42. The van der Waals surface area contributed by atoms with Crippen LogP contribution >= 0.6 is 0 Å². The predicted octanol–water partition coefficient (Wildman–Crippen LogP) is 2.80. The zero-order valence-corrected chi connectivity index (χ0v) is 13.4. The van der Waals surface area contributed by atoms with Crippen molar-refractivity contribution in [1.29, 1.82) is 0 Å². The third-order valence-corrected chi connectivity index (χ3v) is 5.76. The van der Waals surface area contributed by atoms with E-state index in [9.17, 15) is 0 Å². The molecule has 6 aliphatic rings. The van der Waals surface area contributed by atoms with Gasteiger partial charge in [-0.2, -0.15) is 0 Å². The summed E-state index contributed by atoms with van der Waals surface area (Å²) in [6.07, 6.45) is -0.0583. The predicted molar refractivity (Wildman–Crippen MR) is 75.1 cm³/mol. The van der Waals surface area contributed by atoms with Gasteiger partial charge in [-0.15, -0.1) is 0 Å². The molecule has 4 heteroatoms. The van der Waals surface area contributed by atoms with Gasteiger partial charge in [-0.3, -0.25) is 0 Å². The molecule has 6 heterocycles. The van der Waals surface area contributed by atoms with Gasteiger partial charge in [0.25, 0.3) is 0 Å². The molecule has 0 aliphatic carbocycles. The van der Waals surface area contributed by atoms with Crippen LogP contribution in [-0.4, -0.2) is 37.0 Å². The lowest BCUT2D eigenvalue weighted by atomic mass is 9.81. The molecule has 4 nitrogen and oxygen atoms in total. The Hall–Kier alpha value is -0.160. The van der Waals surface area contributed by atoms with Gasteiger partial charge in [0.05, 0.1) is 24.4 Å². The Morgan fingerprint density at radius 2 is 0.800 bits per heavy atom. The first-order chi connectivity index (χ1) is 9.40. The molecule has 20 heavy (non-hydrogen) atoms. The number of rotatable bonds is 0. The Bertz CT molecular complexity index is 326. The van der Waals surface area contributed by atoms with Crippen LogP contribution in [0.2, 0.25) is 0 Å². The molecule has 0 spiro atoms. The highest BCUT2D eigenvalue weighted by Gasteiger charge is 2.50. The van der Waals surface area contributed by atoms with Crippen molar-refractivity contribution in [3.63, 3.8) is 0 Å². The van der Waals surface area contributed by atoms with Crippen molar-refractivity contribution in [3.8, 4) is 0 Å². The minimum atomic E-state index is -0.153. The third-order valence-electron chi connectivity index (χ3n) is 5.76. The third kappa shape index (κ3) is 2.21. The van der Waals surface area contributed by atoms with E-state index in [1.54, 1.807) is 0 Å². The lowest BCUT2D eigenvalue weighted by Crippen LogP contribution is -2.60. The van der Waals surface area contributed by atoms with Gasteiger partial charge >= 0.3 is 0 Å². The molecule has 0 radical (unpaired) electrons. The molecule has 6 saturated heterocycles. The first-order valence-corrected chi connectivity index (χ1v) is 8.02. The summed E-state index contributed by atoms with van der Waals surface area (Å²) in [6.45, 7) is 13.0. The molecular formula is C16H28O4. The van der Waals surface area contributed by atoms with E-state index < -0.39 is 0 Å². The second kappa shape index (κ2) is 5.24. The lowest BCUT2D eigenvalue weighted by molar-refractivity contribution is -0.372. The van der Waals surface area contributed by atoms with E-state index in [4.69, 9.17) is 18.9 Å². The second-order valence-electron chi connectivity index (χ2n) is 7.06. The van der Waals surface area contributed by atoms with Gasteiger partial charge in [-0.25, -0.2) is 0 Å². The molecule has 0 amide bonds. The van der Waals surface area contributed by atoms with Crippen molar-refractivity contribution in [2.45, 2.75) is 78.5 Å². The smallest absolute Gasteiger partial charge is 0.161 e. The molecular weight excluding hydrogens is 256 g/mol. The lowest BCUT2D eigenvalue weighted by Gasteiger charge is -2.52. The van der Waals surface area contributed by atoms with E-state index in [1.807, 2.05) is 0 Å². The summed E-state index contributed by atoms with van der Waals surface area (Å²) in [6, 6.07) is 0. The molecule has 6 rings (SSSR count). The summed E-state index contributed by atoms with van der Waals surface area (Å²) >= 11 is 0. The van der Waals surface area contributed by atoms with Crippen molar-refractivity contribution in [1.82, 2.24) is 0 Å². The average Bonchev–Trinajstić information content (AvgIpc) is 2.41. The highest BCUT2D eigenvalue weighted by atomic mass is 16.7. The number of hydrogen-bond acceptors (Lipinski definition) is 4. The van der Waals surface area contributed by atoms with E-state index in [0.29, 0.717) is 23.7 Å². The monoisotopic (exact) mass is 284 g/mol. The minimum absolute atomic E-state index is 0.0481. The molecule has 0 N–H and O–H groups in total. The Morgan fingerprint density at radius 1 is 0.450 bits per heavy atom. The van der Waals surface area contributed by atoms with E-state index in [-0.39, 0.29) is 37.0 Å². The van der Waals surface area contributed by atoms with Crippen LogP contribution in [0.25, 0.3) is 0 Å². The van der Waals surface area contributed by atoms with Gasteiger partial charge in [0, 0.05) is 11.8 Å². The molecule has 0 aromatic heterocycles. The fourth-order valence-electron chi connectivity index (χ4n) is 3.87. The quantitative estimate of drug-likeness (QED) is 0.685. The molecule has 0 saturated carbocycles. The first kappa shape index (κ1) is 14.8. The normalized spacial score (nSPS) is 59.7. The SMILES string of the molecule is CC1OC2OC3C(C)OC(OC1C(C)C2C)C(C)C3C.